The van der Waals surface area contributed by atoms with E-state index in [2.05, 4.69) is 36.1 Å². The molecule has 1 aliphatic rings. The zero-order chi connectivity index (χ0) is 12.3. The van der Waals surface area contributed by atoms with Crippen molar-refractivity contribution in [3.05, 3.63) is 35.4 Å². The Bertz CT molecular complexity index is 403. The van der Waals surface area contributed by atoms with Gasteiger partial charge < -0.3 is 5.11 Å². The average molecular weight is 233 g/mol. The van der Waals surface area contributed by atoms with Crippen molar-refractivity contribution in [2.45, 2.75) is 32.2 Å². The number of nitrogens with zero attached hydrogens (tertiary/aromatic N) is 1. The van der Waals surface area contributed by atoms with Crippen molar-refractivity contribution in [1.29, 1.82) is 0 Å². The highest BCUT2D eigenvalue weighted by atomic mass is 16.4. The summed E-state index contributed by atoms with van der Waals surface area (Å²) in [7, 11) is 0. The minimum Gasteiger partial charge on any atom is -0.480 e. The van der Waals surface area contributed by atoms with E-state index < -0.39 is 5.97 Å². The predicted octanol–water partition coefficient (Wildman–Crippen LogP) is 2.09. The smallest absolute Gasteiger partial charge is 0.320 e. The maximum Gasteiger partial charge on any atom is 0.320 e. The minimum absolute atomic E-state index is 0.264. The lowest BCUT2D eigenvalue weighted by Gasteiger charge is -2.20. The quantitative estimate of drug-likeness (QED) is 0.865. The van der Waals surface area contributed by atoms with Crippen LogP contribution in [0.2, 0.25) is 0 Å². The van der Waals surface area contributed by atoms with Crippen LogP contribution in [0.25, 0.3) is 0 Å². The van der Waals surface area contributed by atoms with Crippen molar-refractivity contribution in [2.75, 3.05) is 13.1 Å². The summed E-state index contributed by atoms with van der Waals surface area (Å²) in [6, 6.07) is 8.16. The van der Waals surface area contributed by atoms with E-state index in [1.807, 2.05) is 0 Å². The third-order valence-corrected chi connectivity index (χ3v) is 3.42. The number of rotatable bonds is 4. The molecule has 0 radical (unpaired) electrons. The van der Waals surface area contributed by atoms with Crippen LogP contribution in [0.1, 0.15) is 24.0 Å². The number of aliphatic carboxylic acids is 1. The molecule has 92 valence electrons. The van der Waals surface area contributed by atoms with Gasteiger partial charge in [-0.1, -0.05) is 29.8 Å². The zero-order valence-electron chi connectivity index (χ0n) is 10.2. The third kappa shape index (κ3) is 3.07. The average Bonchev–Trinajstić information content (AvgIpc) is 2.74. The first kappa shape index (κ1) is 12.1. The summed E-state index contributed by atoms with van der Waals surface area (Å²) >= 11 is 0. The molecular formula is C14H19NO2. The monoisotopic (exact) mass is 233 g/mol. The Labute approximate surface area is 102 Å². The molecule has 0 spiro atoms. The molecule has 1 aromatic carbocycles. The number of carbonyl (C=O) groups is 1. The van der Waals surface area contributed by atoms with E-state index in [0.717, 1.165) is 32.4 Å². The summed E-state index contributed by atoms with van der Waals surface area (Å²) in [4.78, 5) is 13.1. The van der Waals surface area contributed by atoms with Gasteiger partial charge in [0.05, 0.1) is 0 Å². The lowest BCUT2D eigenvalue weighted by Crippen LogP contribution is -2.37. The van der Waals surface area contributed by atoms with Crippen LogP contribution in [0, 0.1) is 6.92 Å². The number of benzene rings is 1. The molecule has 1 fully saturated rings. The first-order valence-corrected chi connectivity index (χ1v) is 6.19. The van der Waals surface area contributed by atoms with E-state index in [9.17, 15) is 4.79 Å². The fraction of sp³-hybridized carbons (Fsp3) is 0.500. The second-order valence-electron chi connectivity index (χ2n) is 4.77. The molecular weight excluding hydrogens is 214 g/mol. The molecule has 2 rings (SSSR count). The molecule has 0 saturated carbocycles. The number of carboxylic acids is 1. The molecule has 0 amide bonds. The fourth-order valence-electron chi connectivity index (χ4n) is 2.51. The SMILES string of the molecule is Cc1cccc(CCN2CCCC2C(=O)O)c1. The van der Waals surface area contributed by atoms with Crippen LogP contribution < -0.4 is 0 Å². The van der Waals surface area contributed by atoms with Crippen LogP contribution in [0.4, 0.5) is 0 Å². The molecule has 3 heteroatoms. The Morgan fingerprint density at radius 1 is 1.53 bits per heavy atom. The fourth-order valence-corrected chi connectivity index (χ4v) is 2.51. The van der Waals surface area contributed by atoms with Crippen LogP contribution >= 0.6 is 0 Å². The highest BCUT2D eigenvalue weighted by Crippen LogP contribution is 2.18. The highest BCUT2D eigenvalue weighted by Gasteiger charge is 2.29. The van der Waals surface area contributed by atoms with Gasteiger partial charge in [0.15, 0.2) is 0 Å². The second kappa shape index (κ2) is 5.32. The first-order chi connectivity index (χ1) is 8.16. The summed E-state index contributed by atoms with van der Waals surface area (Å²) in [5.41, 5.74) is 2.56. The van der Waals surface area contributed by atoms with Gasteiger partial charge in [0.2, 0.25) is 0 Å². The standard InChI is InChI=1S/C14H19NO2/c1-11-4-2-5-12(10-11)7-9-15-8-3-6-13(15)14(16)17/h2,4-5,10,13H,3,6-9H2,1H3,(H,16,17). The molecule has 0 aromatic heterocycles. The van der Waals surface area contributed by atoms with Crippen LogP contribution in [-0.4, -0.2) is 35.1 Å². The van der Waals surface area contributed by atoms with E-state index in [4.69, 9.17) is 5.11 Å². The van der Waals surface area contributed by atoms with Gasteiger partial charge in [-0.25, -0.2) is 0 Å². The Balaban J connectivity index is 1.91. The highest BCUT2D eigenvalue weighted by molar-refractivity contribution is 5.73. The Morgan fingerprint density at radius 3 is 3.06 bits per heavy atom. The van der Waals surface area contributed by atoms with E-state index in [0.29, 0.717) is 0 Å². The molecule has 1 unspecified atom stereocenters. The van der Waals surface area contributed by atoms with Gasteiger partial charge in [0, 0.05) is 6.54 Å². The van der Waals surface area contributed by atoms with Crippen molar-refractivity contribution in [1.82, 2.24) is 4.90 Å². The lowest BCUT2D eigenvalue weighted by atomic mass is 10.1. The van der Waals surface area contributed by atoms with Gasteiger partial charge in [-0.05, 0) is 38.3 Å². The summed E-state index contributed by atoms with van der Waals surface area (Å²) in [5.74, 6) is -0.674. The largest absolute Gasteiger partial charge is 0.480 e. The van der Waals surface area contributed by atoms with Crippen molar-refractivity contribution in [3.8, 4) is 0 Å². The number of aryl methyl sites for hydroxylation is 1. The van der Waals surface area contributed by atoms with Crippen LogP contribution in [0.5, 0.6) is 0 Å². The molecule has 3 nitrogen and oxygen atoms in total. The number of carboxylic acid groups (broad SMARTS) is 1. The lowest BCUT2D eigenvalue weighted by molar-refractivity contribution is -0.142. The summed E-state index contributed by atoms with van der Waals surface area (Å²) in [6.07, 6.45) is 2.74. The molecule has 0 bridgehead atoms. The Morgan fingerprint density at radius 2 is 2.35 bits per heavy atom. The van der Waals surface area contributed by atoms with Crippen LogP contribution in [0.3, 0.4) is 0 Å². The van der Waals surface area contributed by atoms with Gasteiger partial charge in [-0.3, -0.25) is 9.69 Å². The number of likely N-dealkylation sites (tertiary alicyclic amines) is 1. The summed E-state index contributed by atoms with van der Waals surface area (Å²) < 4.78 is 0. The van der Waals surface area contributed by atoms with Crippen molar-refractivity contribution in [3.63, 3.8) is 0 Å². The van der Waals surface area contributed by atoms with E-state index in [1.54, 1.807) is 0 Å². The Kier molecular flexibility index (Phi) is 3.79. The van der Waals surface area contributed by atoms with E-state index >= 15 is 0 Å². The minimum atomic E-state index is -0.674. The molecule has 1 heterocycles. The van der Waals surface area contributed by atoms with Crippen LogP contribution in [0.15, 0.2) is 24.3 Å². The summed E-state index contributed by atoms with van der Waals surface area (Å²) in [5, 5.41) is 9.08. The van der Waals surface area contributed by atoms with Gasteiger partial charge in [0.25, 0.3) is 0 Å². The normalized spacial score (nSPS) is 20.6. The molecule has 1 aliphatic heterocycles. The van der Waals surface area contributed by atoms with E-state index in [1.165, 1.54) is 11.1 Å². The molecule has 1 atom stereocenters. The Hall–Kier alpha value is -1.35. The number of hydrogen-bond acceptors (Lipinski definition) is 2. The van der Waals surface area contributed by atoms with Gasteiger partial charge in [0.1, 0.15) is 6.04 Å². The van der Waals surface area contributed by atoms with E-state index in [-0.39, 0.29) is 6.04 Å². The van der Waals surface area contributed by atoms with Crippen molar-refractivity contribution in [2.24, 2.45) is 0 Å². The molecule has 17 heavy (non-hydrogen) atoms. The topological polar surface area (TPSA) is 40.5 Å². The van der Waals surface area contributed by atoms with Crippen molar-refractivity contribution >= 4 is 5.97 Å². The molecule has 1 N–H and O–H groups in total. The van der Waals surface area contributed by atoms with Crippen molar-refractivity contribution < 1.29 is 9.90 Å². The molecule has 1 aromatic rings. The van der Waals surface area contributed by atoms with Crippen LogP contribution in [-0.2, 0) is 11.2 Å². The maximum atomic E-state index is 11.0. The molecule has 0 aliphatic carbocycles. The first-order valence-electron chi connectivity index (χ1n) is 6.19. The maximum absolute atomic E-state index is 11.0. The number of hydrogen-bond donors (Lipinski definition) is 1. The second-order valence-corrected chi connectivity index (χ2v) is 4.77. The summed E-state index contributed by atoms with van der Waals surface area (Å²) in [6.45, 7) is 3.85. The zero-order valence-corrected chi connectivity index (χ0v) is 10.2. The third-order valence-electron chi connectivity index (χ3n) is 3.42. The van der Waals surface area contributed by atoms with Gasteiger partial charge in [-0.15, -0.1) is 0 Å². The van der Waals surface area contributed by atoms with Gasteiger partial charge in [-0.2, -0.15) is 0 Å². The predicted molar refractivity (Wildman–Crippen MR) is 67.1 cm³/mol. The molecule has 1 saturated heterocycles. The van der Waals surface area contributed by atoms with Gasteiger partial charge >= 0.3 is 5.97 Å².